The molecule has 2 aromatic heterocycles. The Hall–Kier alpha value is -1.93. The predicted octanol–water partition coefficient (Wildman–Crippen LogP) is -0.723. The topological polar surface area (TPSA) is 95.5 Å². The van der Waals surface area contributed by atoms with E-state index in [1.54, 1.807) is 6.07 Å². The molecule has 21 heavy (non-hydrogen) atoms. The molecule has 0 aliphatic carbocycles. The zero-order valence-electron chi connectivity index (χ0n) is 12.4. The highest BCUT2D eigenvalue weighted by Crippen LogP contribution is 2.18. The molecular formula is C13H21N7O. The van der Waals surface area contributed by atoms with Gasteiger partial charge in [0, 0.05) is 38.3 Å². The van der Waals surface area contributed by atoms with Crippen molar-refractivity contribution in [1.82, 2.24) is 24.7 Å². The predicted molar refractivity (Wildman–Crippen MR) is 80.5 cm³/mol. The van der Waals surface area contributed by atoms with Crippen LogP contribution in [0.1, 0.15) is 13.8 Å². The van der Waals surface area contributed by atoms with Gasteiger partial charge in [0.1, 0.15) is 5.82 Å². The summed E-state index contributed by atoms with van der Waals surface area (Å²) in [6.07, 6.45) is 0. The van der Waals surface area contributed by atoms with Crippen LogP contribution in [0.3, 0.4) is 0 Å². The van der Waals surface area contributed by atoms with Crippen LogP contribution in [-0.2, 0) is 0 Å². The van der Waals surface area contributed by atoms with Gasteiger partial charge >= 0.3 is 5.69 Å². The maximum absolute atomic E-state index is 11.6. The zero-order valence-corrected chi connectivity index (χ0v) is 12.4. The fourth-order valence-corrected chi connectivity index (χ4v) is 2.63. The van der Waals surface area contributed by atoms with E-state index in [0.717, 1.165) is 32.0 Å². The molecule has 8 nitrogen and oxygen atoms in total. The minimum absolute atomic E-state index is 0.0188. The number of anilines is 1. The average Bonchev–Trinajstić information content (AvgIpc) is 2.88. The van der Waals surface area contributed by atoms with Crippen LogP contribution in [0, 0.1) is 0 Å². The van der Waals surface area contributed by atoms with Crippen LogP contribution in [0.2, 0.25) is 0 Å². The first kappa shape index (κ1) is 14.0. The first-order valence-electron chi connectivity index (χ1n) is 7.16. The van der Waals surface area contributed by atoms with E-state index in [0.29, 0.717) is 12.2 Å². The third-order valence-corrected chi connectivity index (χ3v) is 4.22. The highest BCUT2D eigenvalue weighted by atomic mass is 16.2. The van der Waals surface area contributed by atoms with Crippen molar-refractivity contribution in [2.45, 2.75) is 19.4 Å². The van der Waals surface area contributed by atoms with E-state index < -0.39 is 0 Å². The van der Waals surface area contributed by atoms with Crippen molar-refractivity contribution in [3.05, 3.63) is 22.6 Å². The Kier molecular flexibility index (Phi) is 3.42. The summed E-state index contributed by atoms with van der Waals surface area (Å²) >= 11 is 0. The number of fused-ring (bicyclic) bond motifs is 1. The Balaban J connectivity index is 1.76. The summed E-state index contributed by atoms with van der Waals surface area (Å²) in [6, 6.07) is 3.70. The molecule has 1 fully saturated rings. The maximum Gasteiger partial charge on any atom is 0.364 e. The van der Waals surface area contributed by atoms with Gasteiger partial charge in [-0.3, -0.25) is 4.90 Å². The number of rotatable bonds is 3. The molecule has 0 radical (unpaired) electrons. The van der Waals surface area contributed by atoms with E-state index in [9.17, 15) is 4.79 Å². The lowest BCUT2D eigenvalue weighted by Gasteiger charge is -2.43. The number of H-pyrrole nitrogens is 1. The number of piperazine rings is 1. The number of hydrogen-bond donors (Lipinski definition) is 2. The summed E-state index contributed by atoms with van der Waals surface area (Å²) in [4.78, 5) is 16.2. The van der Waals surface area contributed by atoms with Crippen molar-refractivity contribution in [3.63, 3.8) is 0 Å². The number of nitrogens with zero attached hydrogens (tertiary/aromatic N) is 5. The molecule has 1 aliphatic rings. The lowest BCUT2D eigenvalue weighted by Crippen LogP contribution is -2.57. The van der Waals surface area contributed by atoms with Crippen molar-refractivity contribution in [2.75, 3.05) is 37.6 Å². The molecule has 8 heteroatoms. The van der Waals surface area contributed by atoms with E-state index in [1.807, 2.05) is 6.07 Å². The van der Waals surface area contributed by atoms with Gasteiger partial charge in [-0.1, -0.05) is 0 Å². The lowest BCUT2D eigenvalue weighted by atomic mass is 10.0. The van der Waals surface area contributed by atoms with Crippen LogP contribution in [0.25, 0.3) is 5.65 Å². The molecule has 2 aromatic rings. The number of aromatic amines is 1. The molecule has 114 valence electrons. The smallest absolute Gasteiger partial charge is 0.353 e. The fourth-order valence-electron chi connectivity index (χ4n) is 2.63. The molecular weight excluding hydrogens is 270 g/mol. The fraction of sp³-hybridized carbons (Fsp3) is 0.615. The van der Waals surface area contributed by atoms with Crippen molar-refractivity contribution >= 4 is 11.5 Å². The monoisotopic (exact) mass is 291 g/mol. The molecule has 1 saturated heterocycles. The van der Waals surface area contributed by atoms with Gasteiger partial charge in [0.25, 0.3) is 0 Å². The Morgan fingerprint density at radius 3 is 2.67 bits per heavy atom. The van der Waals surface area contributed by atoms with E-state index >= 15 is 0 Å². The molecule has 1 aliphatic heterocycles. The molecule has 0 atom stereocenters. The molecule has 3 heterocycles. The highest BCUT2D eigenvalue weighted by molar-refractivity contribution is 5.45. The summed E-state index contributed by atoms with van der Waals surface area (Å²) in [5, 5.41) is 10.6. The Bertz CT molecular complexity index is 681. The van der Waals surface area contributed by atoms with Gasteiger partial charge < -0.3 is 10.6 Å². The number of nitrogens with two attached hydrogens (primary N) is 1. The van der Waals surface area contributed by atoms with Crippen molar-refractivity contribution in [1.29, 1.82) is 0 Å². The van der Waals surface area contributed by atoms with E-state index in [1.165, 1.54) is 4.52 Å². The second-order valence-electron chi connectivity index (χ2n) is 5.98. The third kappa shape index (κ3) is 2.52. The quantitative estimate of drug-likeness (QED) is 0.774. The molecule has 0 amide bonds. The van der Waals surface area contributed by atoms with Crippen molar-refractivity contribution < 1.29 is 0 Å². The summed E-state index contributed by atoms with van der Waals surface area (Å²) < 4.78 is 1.30. The lowest BCUT2D eigenvalue weighted by molar-refractivity contribution is 0.119. The second-order valence-corrected chi connectivity index (χ2v) is 5.98. The molecule has 0 unspecified atom stereocenters. The van der Waals surface area contributed by atoms with E-state index in [2.05, 4.69) is 38.9 Å². The van der Waals surface area contributed by atoms with Crippen LogP contribution >= 0.6 is 0 Å². The third-order valence-electron chi connectivity index (χ3n) is 4.22. The van der Waals surface area contributed by atoms with Crippen LogP contribution in [0.15, 0.2) is 16.9 Å². The van der Waals surface area contributed by atoms with Crippen molar-refractivity contribution in [2.24, 2.45) is 5.73 Å². The van der Waals surface area contributed by atoms with Crippen LogP contribution < -0.4 is 16.3 Å². The number of aromatic nitrogens is 4. The molecule has 0 aromatic carbocycles. The van der Waals surface area contributed by atoms with Crippen molar-refractivity contribution in [3.8, 4) is 0 Å². The van der Waals surface area contributed by atoms with Gasteiger partial charge in [-0.15, -0.1) is 5.10 Å². The molecule has 0 bridgehead atoms. The summed E-state index contributed by atoms with van der Waals surface area (Å²) in [5.74, 6) is 0.802. The molecule has 3 N–H and O–H groups in total. The van der Waals surface area contributed by atoms with Gasteiger partial charge in [-0.25, -0.2) is 9.89 Å². The Morgan fingerprint density at radius 1 is 1.29 bits per heavy atom. The Morgan fingerprint density at radius 2 is 2.00 bits per heavy atom. The maximum atomic E-state index is 11.6. The highest BCUT2D eigenvalue weighted by Gasteiger charge is 2.29. The minimum atomic E-state index is -0.310. The Labute approximate surface area is 122 Å². The second kappa shape index (κ2) is 5.12. The van der Waals surface area contributed by atoms with Gasteiger partial charge in [0.15, 0.2) is 5.65 Å². The number of nitrogens with one attached hydrogen (secondary N) is 1. The minimum Gasteiger partial charge on any atom is -0.353 e. The molecule has 0 spiro atoms. The van der Waals surface area contributed by atoms with Crippen LogP contribution in [-0.4, -0.2) is 63.0 Å². The summed E-state index contributed by atoms with van der Waals surface area (Å²) in [6.45, 7) is 8.58. The molecule has 3 rings (SSSR count). The zero-order chi connectivity index (χ0) is 15.0. The SMILES string of the molecule is CC(C)(CN)N1CCN(c2ccc3n[nH]c(=O)n3n2)CC1. The normalized spacial score (nSPS) is 17.6. The average molecular weight is 291 g/mol. The first-order valence-corrected chi connectivity index (χ1v) is 7.16. The largest absolute Gasteiger partial charge is 0.364 e. The van der Waals surface area contributed by atoms with E-state index in [4.69, 9.17) is 5.73 Å². The van der Waals surface area contributed by atoms with Crippen LogP contribution in [0.5, 0.6) is 0 Å². The first-order chi connectivity index (χ1) is 10.0. The molecule has 0 saturated carbocycles. The van der Waals surface area contributed by atoms with Crippen LogP contribution in [0.4, 0.5) is 5.82 Å². The summed E-state index contributed by atoms with van der Waals surface area (Å²) in [7, 11) is 0. The van der Waals surface area contributed by atoms with Gasteiger partial charge in [0.05, 0.1) is 0 Å². The summed E-state index contributed by atoms with van der Waals surface area (Å²) in [5.41, 5.74) is 6.08. The van der Waals surface area contributed by atoms with E-state index in [-0.39, 0.29) is 11.2 Å². The standard InChI is InChI=1S/C13H21N7O/c1-13(2,9-14)19-7-5-18(6-8-19)11-4-3-10-15-16-12(21)20(10)17-11/h3-4H,5-9,14H2,1-2H3,(H,16,21). The number of hydrogen-bond acceptors (Lipinski definition) is 6. The van der Waals surface area contributed by atoms with Gasteiger partial charge in [0.2, 0.25) is 0 Å². The van der Waals surface area contributed by atoms with Gasteiger partial charge in [-0.2, -0.15) is 9.61 Å². The van der Waals surface area contributed by atoms with Gasteiger partial charge in [-0.05, 0) is 26.0 Å².